The quantitative estimate of drug-likeness (QED) is 0.448. The van der Waals surface area contributed by atoms with Crippen molar-refractivity contribution >= 4 is 39.2 Å². The van der Waals surface area contributed by atoms with E-state index in [1.807, 2.05) is 6.92 Å². The summed E-state index contributed by atoms with van der Waals surface area (Å²) in [7, 11) is 0. The van der Waals surface area contributed by atoms with Crippen molar-refractivity contribution in [3.8, 4) is 0 Å². The number of fused-ring (bicyclic) bond motifs is 1. The number of carbonyl (C=O) groups is 1. The van der Waals surface area contributed by atoms with E-state index in [4.69, 9.17) is 0 Å². The van der Waals surface area contributed by atoms with E-state index in [-0.39, 0.29) is 11.2 Å². The van der Waals surface area contributed by atoms with E-state index in [1.54, 1.807) is 17.7 Å². The van der Waals surface area contributed by atoms with Gasteiger partial charge in [0.25, 0.3) is 0 Å². The van der Waals surface area contributed by atoms with Crippen molar-refractivity contribution < 1.29 is 4.79 Å². The molecule has 134 valence electrons. The molecule has 1 aliphatic rings. The number of nitrogens with zero attached hydrogens (tertiary/aromatic N) is 2. The van der Waals surface area contributed by atoms with Crippen LogP contribution < -0.4 is 5.32 Å². The van der Waals surface area contributed by atoms with Gasteiger partial charge in [0.1, 0.15) is 16.2 Å². The first-order valence-corrected chi connectivity index (χ1v) is 10.6. The van der Waals surface area contributed by atoms with Gasteiger partial charge in [-0.15, -0.1) is 11.3 Å². The van der Waals surface area contributed by atoms with Gasteiger partial charge in [0.2, 0.25) is 5.91 Å². The number of thiophene rings is 1. The molecule has 1 unspecified atom stereocenters. The number of nitrogens with one attached hydrogen (secondary N) is 1. The molecule has 2 aromatic heterocycles. The second-order valence-electron chi connectivity index (χ2n) is 6.55. The van der Waals surface area contributed by atoms with Crippen LogP contribution in [-0.2, 0) is 4.79 Å². The van der Waals surface area contributed by atoms with E-state index >= 15 is 0 Å². The zero-order chi connectivity index (χ0) is 17.8. The summed E-state index contributed by atoms with van der Waals surface area (Å²) in [5, 5.41) is 4.91. The maximum absolute atomic E-state index is 12.4. The smallest absolute Gasteiger partial charge is 0.233 e. The Morgan fingerprint density at radius 3 is 2.96 bits per heavy atom. The number of amides is 1. The van der Waals surface area contributed by atoms with E-state index in [2.05, 4.69) is 35.2 Å². The summed E-state index contributed by atoms with van der Waals surface area (Å²) < 4.78 is 0. The van der Waals surface area contributed by atoms with E-state index in [0.29, 0.717) is 0 Å². The number of thioether (sulfide) groups is 1. The van der Waals surface area contributed by atoms with Gasteiger partial charge in [0, 0.05) is 16.8 Å². The van der Waals surface area contributed by atoms with Crippen LogP contribution in [0.1, 0.15) is 49.5 Å². The standard InChI is InChI=1S/C19H25N3OS2/c1-12-13(2)24-18-16(12)19(22-11-21-18)25-14(3)17(23)20-10-9-15-7-5-4-6-8-15/h7,11,14H,4-6,8-10H2,1-3H3,(H,20,23). The number of hydrogen-bond donors (Lipinski definition) is 1. The van der Waals surface area contributed by atoms with Crippen molar-refractivity contribution in [1.82, 2.24) is 15.3 Å². The topological polar surface area (TPSA) is 54.9 Å². The lowest BCUT2D eigenvalue weighted by Gasteiger charge is -2.15. The summed E-state index contributed by atoms with van der Waals surface area (Å²) in [6.07, 6.45) is 9.89. The Morgan fingerprint density at radius 2 is 2.20 bits per heavy atom. The molecule has 0 radical (unpaired) electrons. The zero-order valence-corrected chi connectivity index (χ0v) is 16.7. The summed E-state index contributed by atoms with van der Waals surface area (Å²) in [4.78, 5) is 23.5. The first kappa shape index (κ1) is 18.4. The van der Waals surface area contributed by atoms with Crippen LogP contribution in [0.5, 0.6) is 0 Å². The molecule has 2 heterocycles. The summed E-state index contributed by atoms with van der Waals surface area (Å²) in [5.74, 6) is 0.0813. The average molecular weight is 376 g/mol. The maximum Gasteiger partial charge on any atom is 0.233 e. The molecule has 0 spiro atoms. The highest BCUT2D eigenvalue weighted by Crippen LogP contribution is 2.35. The first-order valence-electron chi connectivity index (χ1n) is 8.89. The normalized spacial score (nSPS) is 15.9. The Labute approximate surface area is 157 Å². The molecule has 0 fully saturated rings. The van der Waals surface area contributed by atoms with Gasteiger partial charge in [-0.3, -0.25) is 4.79 Å². The molecule has 3 rings (SSSR count). The van der Waals surface area contributed by atoms with E-state index in [1.165, 1.54) is 53.5 Å². The Kier molecular flexibility index (Phi) is 6.12. The SMILES string of the molecule is Cc1sc2ncnc(SC(C)C(=O)NCCC3=CCCCC3)c2c1C. The minimum atomic E-state index is -0.168. The lowest BCUT2D eigenvalue weighted by atomic mass is 9.97. The molecule has 1 amide bonds. The fourth-order valence-electron chi connectivity index (χ4n) is 3.08. The molecule has 0 aliphatic heterocycles. The van der Waals surface area contributed by atoms with Crippen molar-refractivity contribution in [2.45, 2.75) is 63.2 Å². The van der Waals surface area contributed by atoms with Gasteiger partial charge in [0.15, 0.2) is 0 Å². The Balaban J connectivity index is 1.59. The fourth-order valence-corrected chi connectivity index (χ4v) is 5.14. The Bertz CT molecular complexity index is 797. The predicted octanol–water partition coefficient (Wildman–Crippen LogP) is 4.80. The number of rotatable bonds is 6. The second kappa shape index (κ2) is 8.32. The Morgan fingerprint density at radius 1 is 1.36 bits per heavy atom. The van der Waals surface area contributed by atoms with E-state index < -0.39 is 0 Å². The number of hydrogen-bond acceptors (Lipinski definition) is 5. The summed E-state index contributed by atoms with van der Waals surface area (Å²) in [5.41, 5.74) is 2.72. The molecule has 1 aliphatic carbocycles. The summed E-state index contributed by atoms with van der Waals surface area (Å²) in [6, 6.07) is 0. The van der Waals surface area contributed by atoms with Crippen molar-refractivity contribution in [2.75, 3.05) is 6.54 Å². The minimum absolute atomic E-state index is 0.0813. The van der Waals surface area contributed by atoms with Crippen LogP contribution in [0.2, 0.25) is 0 Å². The monoisotopic (exact) mass is 375 g/mol. The molecular formula is C19H25N3OS2. The molecule has 6 heteroatoms. The average Bonchev–Trinajstić information content (AvgIpc) is 2.91. The van der Waals surface area contributed by atoms with Crippen LogP contribution in [0, 0.1) is 13.8 Å². The number of aryl methyl sites for hydroxylation is 2. The molecule has 1 N–H and O–H groups in total. The van der Waals surface area contributed by atoms with Crippen LogP contribution in [0.25, 0.3) is 10.2 Å². The van der Waals surface area contributed by atoms with Crippen molar-refractivity contribution in [3.05, 3.63) is 28.4 Å². The van der Waals surface area contributed by atoms with Gasteiger partial charge in [-0.05, 0) is 58.4 Å². The molecule has 0 saturated heterocycles. The van der Waals surface area contributed by atoms with E-state index in [9.17, 15) is 4.79 Å². The highest BCUT2D eigenvalue weighted by Gasteiger charge is 2.19. The molecule has 1 atom stereocenters. The van der Waals surface area contributed by atoms with Gasteiger partial charge in [0.05, 0.1) is 5.25 Å². The molecule has 4 nitrogen and oxygen atoms in total. The first-order chi connectivity index (χ1) is 12.1. The number of allylic oxidation sites excluding steroid dienone is 1. The molecule has 25 heavy (non-hydrogen) atoms. The minimum Gasteiger partial charge on any atom is -0.355 e. The van der Waals surface area contributed by atoms with Crippen LogP contribution >= 0.6 is 23.1 Å². The van der Waals surface area contributed by atoms with Gasteiger partial charge in [-0.2, -0.15) is 0 Å². The van der Waals surface area contributed by atoms with Crippen LogP contribution in [0.3, 0.4) is 0 Å². The van der Waals surface area contributed by atoms with Gasteiger partial charge in [-0.1, -0.05) is 23.4 Å². The van der Waals surface area contributed by atoms with Crippen molar-refractivity contribution in [1.29, 1.82) is 0 Å². The van der Waals surface area contributed by atoms with Crippen molar-refractivity contribution in [3.63, 3.8) is 0 Å². The molecular weight excluding hydrogens is 350 g/mol. The zero-order valence-electron chi connectivity index (χ0n) is 15.1. The third kappa shape index (κ3) is 4.42. The Hall–Kier alpha value is -1.40. The van der Waals surface area contributed by atoms with Gasteiger partial charge < -0.3 is 5.32 Å². The number of carbonyl (C=O) groups excluding carboxylic acids is 1. The van der Waals surface area contributed by atoms with E-state index in [0.717, 1.165) is 28.2 Å². The molecule has 0 aromatic carbocycles. The van der Waals surface area contributed by atoms with Gasteiger partial charge >= 0.3 is 0 Å². The maximum atomic E-state index is 12.4. The van der Waals surface area contributed by atoms with Crippen LogP contribution in [-0.4, -0.2) is 27.7 Å². The summed E-state index contributed by atoms with van der Waals surface area (Å²) in [6.45, 7) is 6.88. The van der Waals surface area contributed by atoms with Crippen LogP contribution in [0.4, 0.5) is 0 Å². The van der Waals surface area contributed by atoms with Crippen molar-refractivity contribution in [2.24, 2.45) is 0 Å². The highest BCUT2D eigenvalue weighted by molar-refractivity contribution is 8.00. The molecule has 0 saturated carbocycles. The summed E-state index contributed by atoms with van der Waals surface area (Å²) >= 11 is 3.21. The third-order valence-electron chi connectivity index (χ3n) is 4.72. The second-order valence-corrected chi connectivity index (χ2v) is 9.08. The predicted molar refractivity (Wildman–Crippen MR) is 106 cm³/mol. The third-order valence-corrected chi connectivity index (χ3v) is 6.93. The molecule has 0 bridgehead atoms. The fraction of sp³-hybridized carbons (Fsp3) is 0.526. The van der Waals surface area contributed by atoms with Gasteiger partial charge in [-0.25, -0.2) is 9.97 Å². The lowest BCUT2D eigenvalue weighted by Crippen LogP contribution is -2.32. The lowest BCUT2D eigenvalue weighted by molar-refractivity contribution is -0.120. The number of aromatic nitrogens is 2. The molecule has 2 aromatic rings. The largest absolute Gasteiger partial charge is 0.355 e. The van der Waals surface area contributed by atoms with Crippen LogP contribution in [0.15, 0.2) is 23.0 Å². The highest BCUT2D eigenvalue weighted by atomic mass is 32.2.